The monoisotopic (exact) mass is 414 g/mol. The van der Waals surface area contributed by atoms with Gasteiger partial charge in [0.1, 0.15) is 5.75 Å². The van der Waals surface area contributed by atoms with Crippen molar-refractivity contribution in [2.75, 3.05) is 0 Å². The van der Waals surface area contributed by atoms with Gasteiger partial charge >= 0.3 is 0 Å². The molecule has 1 atom stereocenters. The molecule has 0 radical (unpaired) electrons. The Bertz CT molecular complexity index is 846. The van der Waals surface area contributed by atoms with Gasteiger partial charge < -0.3 is 8.85 Å². The molecule has 2 rings (SSSR count). The largest absolute Gasteiger partial charge is 0.544 e. The molecule has 4 nitrogen and oxygen atoms in total. The molecule has 0 N–H and O–H groups in total. The summed E-state index contributed by atoms with van der Waals surface area (Å²) in [5.41, 5.74) is 1.94. The molecule has 0 saturated heterocycles. The minimum atomic E-state index is -1.95. The number of carbonyl (C=O) groups is 2. The second-order valence-electron chi connectivity index (χ2n) is 8.95. The van der Waals surface area contributed by atoms with Gasteiger partial charge in [0, 0.05) is 11.1 Å². The van der Waals surface area contributed by atoms with Gasteiger partial charge in [0.2, 0.25) is 16.6 Å². The van der Waals surface area contributed by atoms with E-state index in [2.05, 4.69) is 19.6 Å². The van der Waals surface area contributed by atoms with E-state index in [9.17, 15) is 9.59 Å². The molecular formula is C22H30O4Si2. The molecule has 0 amide bonds. The predicted octanol–water partition coefficient (Wildman–Crippen LogP) is 5.61. The molecule has 0 spiro atoms. The summed E-state index contributed by atoms with van der Waals surface area (Å²) < 4.78 is 11.5. The molecule has 0 saturated carbocycles. The maximum absolute atomic E-state index is 12.9. The van der Waals surface area contributed by atoms with E-state index in [0.29, 0.717) is 11.1 Å². The number of carbonyl (C=O) groups excluding carboxylic acids is 2. The molecule has 0 aliphatic carbocycles. The average molecular weight is 415 g/mol. The van der Waals surface area contributed by atoms with Crippen molar-refractivity contribution in [1.29, 1.82) is 0 Å². The highest BCUT2D eigenvalue weighted by Gasteiger charge is 2.25. The SMILES string of the molecule is CC(C(=O)O[Si](C)(C)C)c1cccc(C(=O)c2ccc(O[Si](C)(C)C)cc2)c1. The van der Waals surface area contributed by atoms with E-state index in [1.807, 2.05) is 50.8 Å². The summed E-state index contributed by atoms with van der Waals surface area (Å²) >= 11 is 0. The Morgan fingerprint density at radius 3 is 1.96 bits per heavy atom. The second-order valence-corrected chi connectivity index (χ2v) is 17.8. The zero-order chi connectivity index (χ0) is 21.1. The Kier molecular flexibility index (Phi) is 6.67. The van der Waals surface area contributed by atoms with E-state index < -0.39 is 22.6 Å². The lowest BCUT2D eigenvalue weighted by Gasteiger charge is -2.21. The first kappa shape index (κ1) is 22.1. The van der Waals surface area contributed by atoms with Gasteiger partial charge in [-0.3, -0.25) is 9.59 Å². The van der Waals surface area contributed by atoms with Crippen LogP contribution in [0.25, 0.3) is 0 Å². The summed E-state index contributed by atoms with van der Waals surface area (Å²) in [4.78, 5) is 25.3. The van der Waals surface area contributed by atoms with E-state index in [1.165, 1.54) is 0 Å². The highest BCUT2D eigenvalue weighted by Crippen LogP contribution is 2.23. The maximum atomic E-state index is 12.9. The fourth-order valence-electron chi connectivity index (χ4n) is 2.67. The number of benzene rings is 2. The normalized spacial score (nSPS) is 13.0. The van der Waals surface area contributed by atoms with Gasteiger partial charge in [0.25, 0.3) is 5.97 Å². The van der Waals surface area contributed by atoms with E-state index in [4.69, 9.17) is 8.85 Å². The van der Waals surface area contributed by atoms with E-state index >= 15 is 0 Å². The van der Waals surface area contributed by atoms with Crippen LogP contribution in [0, 0.1) is 0 Å². The van der Waals surface area contributed by atoms with Crippen molar-refractivity contribution in [2.45, 2.75) is 52.1 Å². The van der Waals surface area contributed by atoms with Gasteiger partial charge in [-0.2, -0.15) is 0 Å². The third kappa shape index (κ3) is 6.46. The minimum absolute atomic E-state index is 0.0767. The Morgan fingerprint density at radius 2 is 1.43 bits per heavy atom. The van der Waals surface area contributed by atoms with E-state index in [-0.39, 0.29) is 11.8 Å². The van der Waals surface area contributed by atoms with Crippen molar-refractivity contribution >= 4 is 28.4 Å². The summed E-state index contributed by atoms with van der Waals surface area (Å²) in [6, 6.07) is 14.5. The fourth-order valence-corrected chi connectivity index (χ4v) is 4.29. The summed E-state index contributed by atoms with van der Waals surface area (Å²) in [6.07, 6.45) is 0. The Morgan fingerprint density at radius 1 is 0.821 bits per heavy atom. The van der Waals surface area contributed by atoms with Crippen molar-refractivity contribution in [2.24, 2.45) is 0 Å². The molecule has 0 aromatic heterocycles. The number of hydrogen-bond acceptors (Lipinski definition) is 4. The van der Waals surface area contributed by atoms with Crippen molar-refractivity contribution in [3.8, 4) is 5.75 Å². The maximum Gasteiger partial charge on any atom is 0.299 e. The predicted molar refractivity (Wildman–Crippen MR) is 118 cm³/mol. The van der Waals surface area contributed by atoms with Gasteiger partial charge in [-0.1, -0.05) is 18.2 Å². The lowest BCUT2D eigenvalue weighted by Crippen LogP contribution is -2.31. The van der Waals surface area contributed by atoms with Crippen LogP contribution in [0.5, 0.6) is 5.75 Å². The standard InChI is InChI=1S/C22H30O4Si2/c1-16(22(24)26-28(5,6)7)18-9-8-10-19(15-18)21(23)17-11-13-20(14-12-17)25-27(2,3)4/h8-16H,1-7H3. The van der Waals surface area contributed by atoms with Crippen molar-refractivity contribution in [3.05, 3.63) is 65.2 Å². The first-order valence-corrected chi connectivity index (χ1v) is 16.3. The molecule has 1 unspecified atom stereocenters. The minimum Gasteiger partial charge on any atom is -0.544 e. The zero-order valence-corrected chi connectivity index (χ0v) is 19.8. The van der Waals surface area contributed by atoms with Gasteiger partial charge in [0.05, 0.1) is 5.92 Å². The van der Waals surface area contributed by atoms with Gasteiger partial charge in [-0.25, -0.2) is 0 Å². The molecule has 0 aliphatic heterocycles. The van der Waals surface area contributed by atoms with Crippen LogP contribution in [-0.2, 0) is 9.22 Å². The highest BCUT2D eigenvalue weighted by molar-refractivity contribution is 6.71. The van der Waals surface area contributed by atoms with E-state index in [0.717, 1.165) is 11.3 Å². The number of hydrogen-bond donors (Lipinski definition) is 0. The molecule has 0 heterocycles. The second kappa shape index (κ2) is 8.45. The van der Waals surface area contributed by atoms with Crippen LogP contribution in [0.15, 0.2) is 48.5 Å². The zero-order valence-electron chi connectivity index (χ0n) is 17.8. The smallest absolute Gasteiger partial charge is 0.299 e. The van der Waals surface area contributed by atoms with Gasteiger partial charge in [-0.05, 0) is 82.1 Å². The molecule has 0 fully saturated rings. The third-order valence-corrected chi connectivity index (χ3v) is 5.61. The lowest BCUT2D eigenvalue weighted by molar-refractivity contribution is -0.136. The van der Waals surface area contributed by atoms with Crippen LogP contribution in [0.1, 0.15) is 34.3 Å². The van der Waals surface area contributed by atoms with Crippen LogP contribution < -0.4 is 4.43 Å². The van der Waals surface area contributed by atoms with Crippen LogP contribution in [0.2, 0.25) is 39.3 Å². The van der Waals surface area contributed by atoms with Crippen molar-refractivity contribution in [1.82, 2.24) is 0 Å². The van der Waals surface area contributed by atoms with Gasteiger partial charge in [-0.15, -0.1) is 0 Å². The quantitative estimate of drug-likeness (QED) is 0.436. The van der Waals surface area contributed by atoms with Crippen LogP contribution in [0.4, 0.5) is 0 Å². The first-order chi connectivity index (χ1) is 12.9. The molecule has 0 aliphatic rings. The fraction of sp³-hybridized carbons (Fsp3) is 0.364. The molecule has 150 valence electrons. The molecule has 6 heteroatoms. The highest BCUT2D eigenvalue weighted by atomic mass is 28.4. The molecule has 2 aromatic rings. The first-order valence-electron chi connectivity index (χ1n) is 9.52. The summed E-state index contributed by atoms with van der Waals surface area (Å²) in [7, 11) is -3.63. The summed E-state index contributed by atoms with van der Waals surface area (Å²) in [5.74, 6) is 0.0583. The molecular weight excluding hydrogens is 384 g/mol. The topological polar surface area (TPSA) is 52.6 Å². The molecule has 0 bridgehead atoms. The van der Waals surface area contributed by atoms with E-state index in [1.54, 1.807) is 24.3 Å². The van der Waals surface area contributed by atoms with Crippen molar-refractivity contribution < 1.29 is 18.4 Å². The summed E-state index contributed by atoms with van der Waals surface area (Å²) in [6.45, 7) is 14.1. The average Bonchev–Trinajstić information content (AvgIpc) is 2.58. The Hall–Kier alpha value is -2.19. The Balaban J connectivity index is 2.19. The number of rotatable bonds is 7. The molecule has 2 aromatic carbocycles. The van der Waals surface area contributed by atoms with Crippen LogP contribution in [-0.4, -0.2) is 28.4 Å². The Labute approximate surface area is 170 Å². The van der Waals surface area contributed by atoms with Gasteiger partial charge in [0.15, 0.2) is 5.78 Å². The summed E-state index contributed by atoms with van der Waals surface area (Å²) in [5, 5.41) is 0. The van der Waals surface area contributed by atoms with Crippen molar-refractivity contribution in [3.63, 3.8) is 0 Å². The number of ketones is 1. The third-order valence-electron chi connectivity index (χ3n) is 3.95. The lowest BCUT2D eigenvalue weighted by atomic mass is 9.96. The molecule has 28 heavy (non-hydrogen) atoms. The van der Waals surface area contributed by atoms with Crippen LogP contribution >= 0.6 is 0 Å². The van der Waals surface area contributed by atoms with Crippen LogP contribution in [0.3, 0.4) is 0 Å².